The largest absolute Gasteiger partial charge is 0.497 e. The Hall–Kier alpha value is -5.15. The zero-order valence-corrected chi connectivity index (χ0v) is 29.2. The molecule has 0 aromatic heterocycles. The number of carbonyl (C=O) groups is 2. The molecule has 1 amide bonds. The third-order valence-electron chi connectivity index (χ3n) is 8.34. The molecule has 1 heterocycles. The third kappa shape index (κ3) is 9.30. The minimum atomic E-state index is -1.48. The number of benzene rings is 4. The van der Waals surface area contributed by atoms with Crippen LogP contribution in [-0.4, -0.2) is 60.9 Å². The van der Waals surface area contributed by atoms with Gasteiger partial charge in [0.2, 0.25) is 5.90 Å². The summed E-state index contributed by atoms with van der Waals surface area (Å²) < 4.78 is 23.3. The van der Waals surface area contributed by atoms with E-state index in [1.807, 2.05) is 112 Å². The van der Waals surface area contributed by atoms with Gasteiger partial charge in [0.05, 0.1) is 13.7 Å². The van der Waals surface area contributed by atoms with Gasteiger partial charge in [-0.2, -0.15) is 0 Å². The van der Waals surface area contributed by atoms with E-state index in [-0.39, 0.29) is 25.4 Å². The number of carbonyl (C=O) groups excluding carboxylic acids is 2. The second-order valence-electron chi connectivity index (χ2n) is 13.2. The predicted molar refractivity (Wildman–Crippen MR) is 193 cm³/mol. The fraction of sp³-hybridized carbons (Fsp3) is 0.341. The molecule has 4 aromatic carbocycles. The Kier molecular flexibility index (Phi) is 11.9. The van der Waals surface area contributed by atoms with Gasteiger partial charge in [-0.05, 0) is 92.3 Å². The molecule has 2 N–H and O–H groups in total. The van der Waals surface area contributed by atoms with Crippen molar-refractivity contribution in [1.29, 1.82) is 0 Å². The molecule has 0 spiro atoms. The molecule has 9 nitrogen and oxygen atoms in total. The van der Waals surface area contributed by atoms with Crippen molar-refractivity contribution in [1.82, 2.24) is 5.32 Å². The molecule has 262 valence electrons. The highest BCUT2D eigenvalue weighted by atomic mass is 16.6. The number of rotatable bonds is 15. The molecule has 0 radical (unpaired) electrons. The van der Waals surface area contributed by atoms with E-state index in [1.165, 1.54) is 0 Å². The summed E-state index contributed by atoms with van der Waals surface area (Å²) in [5, 5.41) is 12.2. The number of aliphatic imine (C=N–C) groups is 1. The molecule has 2 atom stereocenters. The van der Waals surface area contributed by atoms with Gasteiger partial charge in [0.1, 0.15) is 17.1 Å². The second kappa shape index (κ2) is 16.5. The number of nitrogens with one attached hydrogen (secondary N) is 1. The molecule has 50 heavy (non-hydrogen) atoms. The molecule has 0 aliphatic carbocycles. The van der Waals surface area contributed by atoms with Gasteiger partial charge in [-0.25, -0.2) is 4.99 Å². The number of amides is 1. The highest BCUT2D eigenvalue weighted by Gasteiger charge is 2.53. The van der Waals surface area contributed by atoms with E-state index >= 15 is 0 Å². The number of hydrogen-bond acceptors (Lipinski definition) is 8. The minimum Gasteiger partial charge on any atom is -0.497 e. The number of ether oxygens (including phenoxy) is 4. The summed E-state index contributed by atoms with van der Waals surface area (Å²) in [5.41, 5.74) is 2.38. The maximum atomic E-state index is 14.5. The van der Waals surface area contributed by atoms with Crippen molar-refractivity contribution >= 4 is 17.8 Å². The maximum Gasteiger partial charge on any atom is 0.306 e. The summed E-state index contributed by atoms with van der Waals surface area (Å²) in [7, 11) is 1.62. The van der Waals surface area contributed by atoms with Crippen LogP contribution in [0.5, 0.6) is 11.5 Å². The number of hydrogen-bond donors (Lipinski definition) is 2. The summed E-state index contributed by atoms with van der Waals surface area (Å²) in [4.78, 5) is 32.6. The number of nitrogens with zero attached hydrogens (tertiary/aromatic N) is 1. The molecule has 0 fully saturated rings. The first-order valence-corrected chi connectivity index (χ1v) is 17.0. The Balaban J connectivity index is 1.49. The predicted octanol–water partition coefficient (Wildman–Crippen LogP) is 6.86. The quantitative estimate of drug-likeness (QED) is 0.104. The van der Waals surface area contributed by atoms with Gasteiger partial charge in [-0.15, -0.1) is 0 Å². The van der Waals surface area contributed by atoms with Gasteiger partial charge >= 0.3 is 5.97 Å². The Morgan fingerprint density at radius 2 is 1.50 bits per heavy atom. The number of methoxy groups -OCH3 is 1. The SMILES string of the molecule is COc1ccc(CCNC(=O)[C@]2(CCC(=O)OC(C)(C)C)N=C(c3ccc(OCCCO)cc3)O[C@@H]2c2ccc(-c3ccccc3)cc2)cc1. The lowest BCUT2D eigenvalue weighted by molar-refractivity contribution is -0.155. The summed E-state index contributed by atoms with van der Waals surface area (Å²) in [6, 6.07) is 32.9. The van der Waals surface area contributed by atoms with Crippen LogP contribution in [0.3, 0.4) is 0 Å². The van der Waals surface area contributed by atoms with Crippen molar-refractivity contribution in [2.24, 2.45) is 4.99 Å². The van der Waals surface area contributed by atoms with Crippen LogP contribution in [-0.2, 0) is 25.5 Å². The molecule has 0 saturated heterocycles. The molecule has 9 heteroatoms. The van der Waals surface area contributed by atoms with Crippen LogP contribution >= 0.6 is 0 Å². The fourth-order valence-electron chi connectivity index (χ4n) is 5.80. The van der Waals surface area contributed by atoms with Crippen LogP contribution < -0.4 is 14.8 Å². The summed E-state index contributed by atoms with van der Waals surface area (Å²) in [6.07, 6.45) is 0.304. The average Bonchev–Trinajstić information content (AvgIpc) is 3.52. The highest BCUT2D eigenvalue weighted by Crippen LogP contribution is 2.44. The first kappa shape index (κ1) is 36.1. The molecule has 1 aliphatic heterocycles. The summed E-state index contributed by atoms with van der Waals surface area (Å²) in [6.45, 7) is 6.23. The molecule has 5 rings (SSSR count). The van der Waals surface area contributed by atoms with Crippen LogP contribution in [0.1, 0.15) is 62.8 Å². The number of aliphatic hydroxyl groups is 1. The van der Waals surface area contributed by atoms with E-state index in [0.717, 1.165) is 28.0 Å². The van der Waals surface area contributed by atoms with Crippen molar-refractivity contribution in [3.8, 4) is 22.6 Å². The Bertz CT molecular complexity index is 1730. The molecule has 0 unspecified atom stereocenters. The number of esters is 1. The minimum absolute atomic E-state index is 0.0421. The van der Waals surface area contributed by atoms with Crippen LogP contribution in [0.25, 0.3) is 11.1 Å². The van der Waals surface area contributed by atoms with Gasteiger partial charge in [-0.3, -0.25) is 9.59 Å². The van der Waals surface area contributed by atoms with Crippen LogP contribution in [0.4, 0.5) is 0 Å². The van der Waals surface area contributed by atoms with E-state index in [1.54, 1.807) is 19.2 Å². The van der Waals surface area contributed by atoms with Crippen LogP contribution in [0, 0.1) is 0 Å². The van der Waals surface area contributed by atoms with E-state index in [4.69, 9.17) is 29.0 Å². The van der Waals surface area contributed by atoms with E-state index < -0.39 is 23.2 Å². The maximum absolute atomic E-state index is 14.5. The zero-order chi connectivity index (χ0) is 35.6. The topological polar surface area (TPSA) is 116 Å². The second-order valence-corrected chi connectivity index (χ2v) is 13.2. The molecular weight excluding hydrogens is 632 g/mol. The van der Waals surface area contributed by atoms with Crippen LogP contribution in [0.15, 0.2) is 108 Å². The lowest BCUT2D eigenvalue weighted by Crippen LogP contribution is -2.49. The Labute approximate surface area is 294 Å². The monoisotopic (exact) mass is 678 g/mol. The number of aliphatic hydroxyl groups excluding tert-OH is 1. The van der Waals surface area contributed by atoms with Gasteiger partial charge in [-0.1, -0.05) is 66.7 Å². The van der Waals surface area contributed by atoms with Gasteiger partial charge in [0.15, 0.2) is 11.6 Å². The van der Waals surface area contributed by atoms with Crippen molar-refractivity contribution in [2.45, 2.75) is 63.7 Å². The van der Waals surface area contributed by atoms with Crippen molar-refractivity contribution in [3.63, 3.8) is 0 Å². The Morgan fingerprint density at radius 3 is 2.14 bits per heavy atom. The first-order valence-electron chi connectivity index (χ1n) is 17.0. The van der Waals surface area contributed by atoms with E-state index in [0.29, 0.717) is 43.2 Å². The highest BCUT2D eigenvalue weighted by molar-refractivity contribution is 6.01. The lowest BCUT2D eigenvalue weighted by Gasteiger charge is -2.31. The third-order valence-corrected chi connectivity index (χ3v) is 8.34. The molecular formula is C41H46N2O7. The standard InChI is InChI=1S/C41H46N2O7/c1-40(2,3)50-36(45)23-25-41(39(46)42-26-24-29-11-19-34(47-4)20-12-29)37(32-15-13-31(14-16-32)30-9-6-5-7-10-30)49-38(43-41)33-17-21-35(22-18-33)48-28-8-27-44/h5-7,9-22,37,44H,8,23-28H2,1-4H3,(H,42,46)/t37-,41-/m1/s1. The zero-order valence-electron chi connectivity index (χ0n) is 29.2. The van der Waals surface area contributed by atoms with Crippen LogP contribution in [0.2, 0.25) is 0 Å². The average molecular weight is 679 g/mol. The lowest BCUT2D eigenvalue weighted by atomic mass is 9.83. The smallest absolute Gasteiger partial charge is 0.306 e. The summed E-state index contributed by atoms with van der Waals surface area (Å²) in [5.74, 6) is 0.925. The normalized spacial score (nSPS) is 17.0. The molecule has 0 saturated carbocycles. The molecule has 4 aromatic rings. The fourth-order valence-corrected chi connectivity index (χ4v) is 5.80. The Morgan fingerprint density at radius 1 is 0.860 bits per heavy atom. The molecule has 1 aliphatic rings. The summed E-state index contributed by atoms with van der Waals surface area (Å²) >= 11 is 0. The van der Waals surface area contributed by atoms with Crippen molar-refractivity contribution in [3.05, 3.63) is 120 Å². The van der Waals surface area contributed by atoms with E-state index in [9.17, 15) is 9.59 Å². The van der Waals surface area contributed by atoms with Crippen molar-refractivity contribution in [2.75, 3.05) is 26.9 Å². The van der Waals surface area contributed by atoms with Gasteiger partial charge < -0.3 is 29.4 Å². The molecule has 0 bridgehead atoms. The van der Waals surface area contributed by atoms with Gasteiger partial charge in [0, 0.05) is 31.6 Å². The van der Waals surface area contributed by atoms with E-state index in [2.05, 4.69) is 5.32 Å². The first-order chi connectivity index (χ1) is 24.1. The van der Waals surface area contributed by atoms with Gasteiger partial charge in [0.25, 0.3) is 5.91 Å². The van der Waals surface area contributed by atoms with Crippen molar-refractivity contribution < 1.29 is 33.6 Å².